The maximum Gasteiger partial charge on any atom is 0.245 e. The first-order chi connectivity index (χ1) is 28.0. The van der Waals surface area contributed by atoms with Gasteiger partial charge < -0.3 is 49.6 Å². The molecule has 0 aliphatic heterocycles. The highest BCUT2D eigenvalue weighted by molar-refractivity contribution is 6.09. The Balaban J connectivity index is 0.739. The van der Waals surface area contributed by atoms with Crippen molar-refractivity contribution in [1.82, 2.24) is 35.1 Å². The zero-order valence-electron chi connectivity index (χ0n) is 31.4. The van der Waals surface area contributed by atoms with Crippen molar-refractivity contribution < 1.29 is 33.3 Å². The number of nitrogens with zero attached hydrogens (tertiary/aromatic N) is 5. The lowest BCUT2D eigenvalue weighted by atomic mass is 10.1. The Morgan fingerprint density at radius 2 is 1.51 bits per heavy atom. The molecule has 0 aliphatic rings. The number of H-pyrrole nitrogens is 1. The predicted octanol–water partition coefficient (Wildman–Crippen LogP) is 4.05. The number of nitriles is 1. The fourth-order valence-electron chi connectivity index (χ4n) is 5.99. The number of allylic oxidation sites excluding steroid dienone is 1. The van der Waals surface area contributed by atoms with Gasteiger partial charge in [-0.25, -0.2) is 4.98 Å². The molecule has 0 unspecified atom stereocenters. The van der Waals surface area contributed by atoms with Crippen molar-refractivity contribution in [2.45, 2.75) is 26.1 Å². The number of para-hydroxylation sites is 1. The van der Waals surface area contributed by atoms with Crippen LogP contribution < -0.4 is 21.1 Å². The Bertz CT molecular complexity index is 2320. The van der Waals surface area contributed by atoms with E-state index in [4.69, 9.17) is 34.7 Å². The first-order valence-corrected chi connectivity index (χ1v) is 18.6. The Morgan fingerprint density at radius 1 is 0.807 bits per heavy atom. The van der Waals surface area contributed by atoms with Gasteiger partial charge in [0.25, 0.3) is 0 Å². The third kappa shape index (κ3) is 11.8. The smallest absolute Gasteiger partial charge is 0.245 e. The molecule has 6 rings (SSSR count). The Kier molecular flexibility index (Phi) is 14.9. The molecule has 0 bridgehead atoms. The number of imidazole rings is 1. The second-order valence-electron chi connectivity index (χ2n) is 12.8. The first kappa shape index (κ1) is 40.3. The van der Waals surface area contributed by atoms with Crippen LogP contribution in [0.15, 0.2) is 79.1 Å². The number of aromatic amines is 1. The van der Waals surface area contributed by atoms with E-state index in [-0.39, 0.29) is 37.3 Å². The number of nitrogens with two attached hydrogens (primary N) is 1. The van der Waals surface area contributed by atoms with Crippen LogP contribution in [0.1, 0.15) is 23.1 Å². The minimum absolute atomic E-state index is 0.0880. The molecule has 3 heterocycles. The molecule has 0 fully saturated rings. The van der Waals surface area contributed by atoms with Gasteiger partial charge in [0.1, 0.15) is 18.7 Å². The summed E-state index contributed by atoms with van der Waals surface area (Å²) < 4.78 is 30.0. The molecule has 16 nitrogen and oxygen atoms in total. The lowest BCUT2D eigenvalue weighted by Gasteiger charge is -2.10. The molecule has 0 aliphatic carbocycles. The maximum atomic E-state index is 12.8. The number of carbonyl (C=O) groups excluding carboxylic acids is 2. The molecular formula is C41H45N9O7. The molecule has 3 aromatic carbocycles. The molecule has 57 heavy (non-hydrogen) atoms. The summed E-state index contributed by atoms with van der Waals surface area (Å²) in [7, 11) is 0. The summed E-state index contributed by atoms with van der Waals surface area (Å²) in [5, 5.41) is 16.8. The third-order valence-electron chi connectivity index (χ3n) is 8.76. The molecule has 2 amide bonds. The van der Waals surface area contributed by atoms with Crippen LogP contribution in [0.3, 0.4) is 0 Å². The van der Waals surface area contributed by atoms with Crippen LogP contribution >= 0.6 is 0 Å². The molecule has 16 heteroatoms. The summed E-state index contributed by atoms with van der Waals surface area (Å²) in [6, 6.07) is 23.6. The van der Waals surface area contributed by atoms with Crippen molar-refractivity contribution in [1.29, 1.82) is 5.26 Å². The molecule has 0 radical (unpaired) electrons. The number of anilines is 1. The Morgan fingerprint density at radius 3 is 2.28 bits per heavy atom. The molecule has 0 saturated carbocycles. The second-order valence-corrected chi connectivity index (χ2v) is 12.8. The van der Waals surface area contributed by atoms with Gasteiger partial charge in [-0.05, 0) is 41.0 Å². The standard InChI is InChI=1S/C41H45N9O7/c42-14-3-4-29-11-12-35-33(24-29)32-5-1-2-6-34(32)50(35)26-37(52)44-15-17-54-19-21-56-23-22-55-20-18-53-16-13-36(51)45-25-30-7-9-31(10-8-30)27-57-40-38-39(47-28-46-38)48-41(43)49-40/h1-12,24,28H,13,15-23,25-27H2,(H,44,52)(H,45,51)(H3,43,46,47,48,49)/b4-3+. The monoisotopic (exact) mass is 775 g/mol. The largest absolute Gasteiger partial charge is 0.471 e. The van der Waals surface area contributed by atoms with Crippen LogP contribution in [0.25, 0.3) is 39.0 Å². The molecular weight excluding hydrogens is 731 g/mol. The molecule has 6 aromatic rings. The van der Waals surface area contributed by atoms with Crippen molar-refractivity contribution in [3.63, 3.8) is 0 Å². The van der Waals surface area contributed by atoms with Crippen LogP contribution in [-0.4, -0.2) is 95.7 Å². The Hall–Kier alpha value is -6.38. The van der Waals surface area contributed by atoms with Crippen molar-refractivity contribution in [3.8, 4) is 11.9 Å². The number of nitrogens with one attached hydrogen (secondary N) is 3. The summed E-state index contributed by atoms with van der Waals surface area (Å²) in [6.07, 6.45) is 4.97. The normalized spacial score (nSPS) is 11.4. The van der Waals surface area contributed by atoms with E-state index in [1.54, 1.807) is 6.08 Å². The van der Waals surface area contributed by atoms with Gasteiger partial charge in [0.15, 0.2) is 5.65 Å². The maximum absolute atomic E-state index is 12.8. The van der Waals surface area contributed by atoms with Crippen LogP contribution in [0.2, 0.25) is 0 Å². The highest BCUT2D eigenvalue weighted by atomic mass is 16.6. The molecule has 296 valence electrons. The number of hydrogen-bond acceptors (Lipinski definition) is 12. The van der Waals surface area contributed by atoms with Gasteiger partial charge in [0.05, 0.1) is 65.3 Å². The third-order valence-corrected chi connectivity index (χ3v) is 8.76. The number of nitrogen functional groups attached to an aromatic ring is 1. The average molecular weight is 776 g/mol. The number of amides is 2. The molecule has 5 N–H and O–H groups in total. The van der Waals surface area contributed by atoms with Gasteiger partial charge in [-0.2, -0.15) is 15.2 Å². The fraction of sp³-hybridized carbons (Fsp3) is 0.317. The second kappa shape index (κ2) is 21.1. The molecule has 0 spiro atoms. The number of rotatable bonds is 23. The van der Waals surface area contributed by atoms with E-state index in [0.29, 0.717) is 83.0 Å². The first-order valence-electron chi connectivity index (χ1n) is 18.6. The lowest BCUT2D eigenvalue weighted by molar-refractivity contribution is -0.123. The van der Waals surface area contributed by atoms with E-state index in [2.05, 4.69) is 30.6 Å². The van der Waals surface area contributed by atoms with Crippen molar-refractivity contribution >= 4 is 56.8 Å². The number of aromatic nitrogens is 5. The molecule has 0 saturated heterocycles. The average Bonchev–Trinajstić information content (AvgIpc) is 3.82. The van der Waals surface area contributed by atoms with Crippen LogP contribution in [0, 0.1) is 11.3 Å². The fourth-order valence-corrected chi connectivity index (χ4v) is 5.99. The topological polar surface area (TPSA) is 214 Å². The van der Waals surface area contributed by atoms with Gasteiger partial charge in [0, 0.05) is 47.4 Å². The van der Waals surface area contributed by atoms with Gasteiger partial charge in [0.2, 0.25) is 23.6 Å². The summed E-state index contributed by atoms with van der Waals surface area (Å²) in [4.78, 5) is 40.3. The minimum atomic E-state index is -0.110. The van der Waals surface area contributed by atoms with Crippen LogP contribution in [0.4, 0.5) is 5.95 Å². The van der Waals surface area contributed by atoms with Crippen molar-refractivity contribution in [2.75, 3.05) is 65.1 Å². The number of ether oxygens (including phenoxy) is 5. The van der Waals surface area contributed by atoms with E-state index in [1.807, 2.05) is 77.4 Å². The highest BCUT2D eigenvalue weighted by Gasteiger charge is 2.14. The highest BCUT2D eigenvalue weighted by Crippen LogP contribution is 2.30. The van der Waals surface area contributed by atoms with Gasteiger partial charge >= 0.3 is 0 Å². The van der Waals surface area contributed by atoms with Crippen LogP contribution in [-0.2, 0) is 48.2 Å². The number of fused-ring (bicyclic) bond motifs is 4. The van der Waals surface area contributed by atoms with Crippen LogP contribution in [0.5, 0.6) is 5.88 Å². The number of benzene rings is 3. The van der Waals surface area contributed by atoms with E-state index < -0.39 is 0 Å². The van der Waals surface area contributed by atoms with E-state index in [0.717, 1.165) is 38.5 Å². The van der Waals surface area contributed by atoms with E-state index in [9.17, 15) is 9.59 Å². The summed E-state index contributed by atoms with van der Waals surface area (Å²) >= 11 is 0. The van der Waals surface area contributed by atoms with Crippen molar-refractivity contribution in [2.24, 2.45) is 0 Å². The predicted molar refractivity (Wildman–Crippen MR) is 214 cm³/mol. The zero-order chi connectivity index (χ0) is 39.7. The number of hydrogen-bond donors (Lipinski definition) is 4. The van der Waals surface area contributed by atoms with Crippen molar-refractivity contribution in [3.05, 3.63) is 95.8 Å². The molecule has 0 atom stereocenters. The SMILES string of the molecule is N#C/C=C/c1ccc2c(c1)c1ccccc1n2CC(=O)NCCOCCOCCOCCOCCC(=O)NCc1ccc(COc2nc(N)nc3nc[nH]c23)cc1. The summed E-state index contributed by atoms with van der Waals surface area (Å²) in [6.45, 7) is 4.30. The Labute approximate surface area is 328 Å². The van der Waals surface area contributed by atoms with E-state index >= 15 is 0 Å². The summed E-state index contributed by atoms with van der Waals surface area (Å²) in [5.74, 6) is 0.208. The summed E-state index contributed by atoms with van der Waals surface area (Å²) in [5.41, 5.74) is 11.5. The number of carbonyl (C=O) groups is 2. The van der Waals surface area contributed by atoms with E-state index in [1.165, 1.54) is 12.4 Å². The minimum Gasteiger partial charge on any atom is -0.471 e. The zero-order valence-corrected chi connectivity index (χ0v) is 31.4. The van der Waals surface area contributed by atoms with Gasteiger partial charge in [-0.3, -0.25) is 9.59 Å². The van der Waals surface area contributed by atoms with Gasteiger partial charge in [-0.1, -0.05) is 48.5 Å². The molecule has 3 aromatic heterocycles. The quantitative estimate of drug-likeness (QED) is 0.0536. The lowest BCUT2D eigenvalue weighted by Crippen LogP contribution is -2.30. The van der Waals surface area contributed by atoms with Gasteiger partial charge in [-0.15, -0.1) is 0 Å².